The largest absolute Gasteiger partial charge is 0.435 e. The van der Waals surface area contributed by atoms with Crippen molar-refractivity contribution in [2.75, 3.05) is 5.73 Å². The smallest absolute Gasteiger partial charge is 0.242 e. The lowest BCUT2D eigenvalue weighted by Crippen LogP contribution is -1.95. The van der Waals surface area contributed by atoms with Gasteiger partial charge in [-0.1, -0.05) is 29.3 Å². The number of nitrogens with two attached hydrogens (primary N) is 1. The molecule has 0 bridgehead atoms. The van der Waals surface area contributed by atoms with E-state index in [0.29, 0.717) is 27.4 Å². The molecule has 0 amide bonds. The van der Waals surface area contributed by atoms with E-state index in [1.165, 1.54) is 6.20 Å². The first kappa shape index (κ1) is 12.0. The first-order valence-electron chi connectivity index (χ1n) is 4.91. The molecule has 0 saturated heterocycles. The van der Waals surface area contributed by atoms with E-state index in [2.05, 4.69) is 4.98 Å². The summed E-state index contributed by atoms with van der Waals surface area (Å²) in [5.41, 5.74) is 7.15. The molecule has 0 saturated carbocycles. The summed E-state index contributed by atoms with van der Waals surface area (Å²) in [6, 6.07) is 7.05. The molecule has 2 N–H and O–H groups in total. The fraction of sp³-hybridized carbons (Fsp3) is 0.0833. The number of nitrogens with zero attached hydrogens (tertiary/aromatic N) is 1. The van der Waals surface area contributed by atoms with Gasteiger partial charge in [0.2, 0.25) is 5.88 Å². The van der Waals surface area contributed by atoms with Crippen LogP contribution in [-0.4, -0.2) is 4.98 Å². The zero-order valence-corrected chi connectivity index (χ0v) is 10.6. The Kier molecular flexibility index (Phi) is 3.41. The van der Waals surface area contributed by atoms with Crippen LogP contribution in [0.15, 0.2) is 30.5 Å². The highest BCUT2D eigenvalue weighted by Crippen LogP contribution is 2.32. The highest BCUT2D eigenvalue weighted by atomic mass is 35.5. The van der Waals surface area contributed by atoms with Crippen LogP contribution in [0.2, 0.25) is 10.0 Å². The van der Waals surface area contributed by atoms with Crippen molar-refractivity contribution in [3.05, 3.63) is 46.1 Å². The number of pyridine rings is 1. The number of rotatable bonds is 2. The van der Waals surface area contributed by atoms with E-state index in [-0.39, 0.29) is 0 Å². The Bertz CT molecular complexity index is 558. The molecular weight excluding hydrogens is 259 g/mol. The van der Waals surface area contributed by atoms with Crippen molar-refractivity contribution >= 4 is 28.9 Å². The number of benzene rings is 1. The number of anilines is 1. The summed E-state index contributed by atoms with van der Waals surface area (Å²) in [7, 11) is 0. The molecule has 0 atom stereocenters. The lowest BCUT2D eigenvalue weighted by atomic mass is 10.2. The minimum atomic E-state index is 0.293. The molecule has 2 rings (SSSR count). The quantitative estimate of drug-likeness (QED) is 0.893. The number of aryl methyl sites for hydroxylation is 1. The molecule has 0 fully saturated rings. The Morgan fingerprint density at radius 3 is 2.71 bits per heavy atom. The summed E-state index contributed by atoms with van der Waals surface area (Å²) in [5.74, 6) is 0.815. The van der Waals surface area contributed by atoms with Crippen LogP contribution < -0.4 is 10.5 Å². The molecule has 3 nitrogen and oxygen atoms in total. The van der Waals surface area contributed by atoms with Crippen molar-refractivity contribution in [2.45, 2.75) is 6.92 Å². The average Bonchev–Trinajstić information content (AvgIpc) is 2.27. The number of aromatic nitrogens is 1. The van der Waals surface area contributed by atoms with Gasteiger partial charge in [-0.2, -0.15) is 0 Å². The molecule has 0 aliphatic carbocycles. The lowest BCUT2D eigenvalue weighted by Gasteiger charge is -2.09. The summed E-state index contributed by atoms with van der Waals surface area (Å²) in [4.78, 5) is 4.01. The SMILES string of the molecule is Cc1ccc(Cl)c(Oc2ncc(Cl)cc2N)c1. The van der Waals surface area contributed by atoms with Gasteiger partial charge in [0.1, 0.15) is 5.75 Å². The van der Waals surface area contributed by atoms with Gasteiger partial charge in [-0.3, -0.25) is 0 Å². The van der Waals surface area contributed by atoms with Gasteiger partial charge in [-0.05, 0) is 30.7 Å². The van der Waals surface area contributed by atoms with Gasteiger partial charge < -0.3 is 10.5 Å². The van der Waals surface area contributed by atoms with E-state index in [1.807, 2.05) is 19.1 Å². The van der Waals surface area contributed by atoms with Crippen molar-refractivity contribution in [1.82, 2.24) is 4.98 Å². The Balaban J connectivity index is 2.34. The third kappa shape index (κ3) is 2.81. The molecule has 0 spiro atoms. The van der Waals surface area contributed by atoms with Crippen molar-refractivity contribution in [2.24, 2.45) is 0 Å². The number of nitrogen functional groups attached to an aromatic ring is 1. The van der Waals surface area contributed by atoms with Crippen LogP contribution >= 0.6 is 23.2 Å². The van der Waals surface area contributed by atoms with E-state index in [4.69, 9.17) is 33.7 Å². The van der Waals surface area contributed by atoms with Crippen molar-refractivity contribution in [3.8, 4) is 11.6 Å². The van der Waals surface area contributed by atoms with Gasteiger partial charge in [-0.25, -0.2) is 4.98 Å². The summed E-state index contributed by atoms with van der Waals surface area (Å²) in [6.07, 6.45) is 1.47. The molecule has 2 aromatic rings. The van der Waals surface area contributed by atoms with Gasteiger partial charge in [0.15, 0.2) is 0 Å². The number of ether oxygens (including phenoxy) is 1. The van der Waals surface area contributed by atoms with Crippen LogP contribution in [0.1, 0.15) is 5.56 Å². The normalized spacial score (nSPS) is 10.3. The van der Waals surface area contributed by atoms with Gasteiger partial charge in [0.25, 0.3) is 0 Å². The Morgan fingerprint density at radius 2 is 2.00 bits per heavy atom. The van der Waals surface area contributed by atoms with Crippen LogP contribution in [-0.2, 0) is 0 Å². The molecule has 0 aliphatic heterocycles. The van der Waals surface area contributed by atoms with E-state index >= 15 is 0 Å². The first-order chi connectivity index (χ1) is 8.06. The summed E-state index contributed by atoms with van der Waals surface area (Å²) >= 11 is 11.8. The molecule has 5 heteroatoms. The van der Waals surface area contributed by atoms with E-state index in [1.54, 1.807) is 12.1 Å². The second kappa shape index (κ2) is 4.82. The Morgan fingerprint density at radius 1 is 1.24 bits per heavy atom. The molecule has 1 heterocycles. The maximum absolute atomic E-state index is 6.01. The maximum Gasteiger partial charge on any atom is 0.242 e. The zero-order valence-electron chi connectivity index (χ0n) is 9.08. The summed E-state index contributed by atoms with van der Waals surface area (Å²) < 4.78 is 5.55. The number of hydrogen-bond acceptors (Lipinski definition) is 3. The average molecular weight is 269 g/mol. The first-order valence-corrected chi connectivity index (χ1v) is 5.67. The predicted molar refractivity (Wildman–Crippen MR) is 69.9 cm³/mol. The van der Waals surface area contributed by atoms with Gasteiger partial charge in [0.05, 0.1) is 15.7 Å². The highest BCUT2D eigenvalue weighted by molar-refractivity contribution is 6.32. The van der Waals surface area contributed by atoms with E-state index in [9.17, 15) is 0 Å². The monoisotopic (exact) mass is 268 g/mol. The van der Waals surface area contributed by atoms with Crippen LogP contribution in [0.4, 0.5) is 5.69 Å². The molecule has 88 valence electrons. The van der Waals surface area contributed by atoms with Gasteiger partial charge in [-0.15, -0.1) is 0 Å². The number of halogens is 2. The van der Waals surface area contributed by atoms with Gasteiger partial charge in [0, 0.05) is 6.20 Å². The topological polar surface area (TPSA) is 48.1 Å². The van der Waals surface area contributed by atoms with Crippen LogP contribution in [0.5, 0.6) is 11.6 Å². The fourth-order valence-corrected chi connectivity index (χ4v) is 1.64. The van der Waals surface area contributed by atoms with Crippen LogP contribution in [0.25, 0.3) is 0 Å². The molecule has 1 aromatic carbocycles. The minimum Gasteiger partial charge on any atom is -0.435 e. The molecule has 0 radical (unpaired) electrons. The summed E-state index contributed by atoms with van der Waals surface area (Å²) in [6.45, 7) is 1.95. The third-order valence-corrected chi connectivity index (χ3v) is 2.66. The molecule has 0 unspecified atom stereocenters. The highest BCUT2D eigenvalue weighted by Gasteiger charge is 2.08. The molecule has 1 aromatic heterocycles. The van der Waals surface area contributed by atoms with Crippen LogP contribution in [0.3, 0.4) is 0 Å². The van der Waals surface area contributed by atoms with Crippen molar-refractivity contribution in [1.29, 1.82) is 0 Å². The predicted octanol–water partition coefficient (Wildman–Crippen LogP) is 4.07. The molecule has 17 heavy (non-hydrogen) atoms. The van der Waals surface area contributed by atoms with E-state index < -0.39 is 0 Å². The zero-order chi connectivity index (χ0) is 12.4. The van der Waals surface area contributed by atoms with Crippen molar-refractivity contribution < 1.29 is 4.74 Å². The van der Waals surface area contributed by atoms with Crippen LogP contribution in [0, 0.1) is 6.92 Å². The standard InChI is InChI=1S/C12H10Cl2N2O/c1-7-2-3-9(14)11(4-7)17-12-10(15)5-8(13)6-16-12/h2-6H,15H2,1H3. The molecular formula is C12H10Cl2N2O. The van der Waals surface area contributed by atoms with E-state index in [0.717, 1.165) is 5.56 Å². The Labute approximate surface area is 109 Å². The third-order valence-electron chi connectivity index (χ3n) is 2.14. The second-order valence-corrected chi connectivity index (χ2v) is 4.43. The van der Waals surface area contributed by atoms with Crippen molar-refractivity contribution in [3.63, 3.8) is 0 Å². The second-order valence-electron chi connectivity index (χ2n) is 3.58. The minimum absolute atomic E-state index is 0.293. The maximum atomic E-state index is 6.01. The fourth-order valence-electron chi connectivity index (χ4n) is 1.32. The molecule has 0 aliphatic rings. The number of hydrogen-bond donors (Lipinski definition) is 1. The Hall–Kier alpha value is -1.45. The lowest BCUT2D eigenvalue weighted by molar-refractivity contribution is 0.465. The van der Waals surface area contributed by atoms with Gasteiger partial charge >= 0.3 is 0 Å². The summed E-state index contributed by atoms with van der Waals surface area (Å²) in [5, 5.41) is 0.969.